The summed E-state index contributed by atoms with van der Waals surface area (Å²) in [5.41, 5.74) is 6.47. The molecule has 0 bridgehead atoms. The van der Waals surface area contributed by atoms with Crippen LogP contribution in [0.1, 0.15) is 45.0 Å². The third-order valence-electron chi connectivity index (χ3n) is 3.47. The molecular weight excluding hydrogens is 266 g/mol. The molecule has 1 aliphatic carbocycles. The SMILES string of the molecule is CC(C)n1ccc(-c2nc(C3(N)CCC3)no2)n1.Cl. The molecule has 2 aromatic heterocycles. The van der Waals surface area contributed by atoms with E-state index in [-0.39, 0.29) is 17.9 Å². The smallest absolute Gasteiger partial charge is 0.278 e. The second kappa shape index (κ2) is 4.94. The normalized spacial score (nSPS) is 17.1. The van der Waals surface area contributed by atoms with Crippen molar-refractivity contribution in [3.05, 3.63) is 18.1 Å². The molecule has 3 rings (SSSR count). The third-order valence-corrected chi connectivity index (χ3v) is 3.47. The van der Waals surface area contributed by atoms with E-state index in [1.165, 1.54) is 0 Å². The van der Waals surface area contributed by atoms with Gasteiger partial charge in [-0.15, -0.1) is 12.4 Å². The number of nitrogens with zero attached hydrogens (tertiary/aromatic N) is 4. The molecule has 1 fully saturated rings. The van der Waals surface area contributed by atoms with E-state index in [1.807, 2.05) is 16.9 Å². The highest BCUT2D eigenvalue weighted by atomic mass is 35.5. The van der Waals surface area contributed by atoms with Crippen molar-refractivity contribution >= 4 is 12.4 Å². The summed E-state index contributed by atoms with van der Waals surface area (Å²) in [7, 11) is 0. The van der Waals surface area contributed by atoms with Crippen LogP contribution in [0.3, 0.4) is 0 Å². The van der Waals surface area contributed by atoms with E-state index in [1.54, 1.807) is 0 Å². The van der Waals surface area contributed by atoms with Crippen LogP contribution in [-0.4, -0.2) is 19.9 Å². The molecule has 0 amide bonds. The van der Waals surface area contributed by atoms with Gasteiger partial charge < -0.3 is 10.3 Å². The minimum atomic E-state index is -0.387. The Morgan fingerprint density at radius 3 is 2.68 bits per heavy atom. The molecule has 0 aliphatic heterocycles. The molecule has 104 valence electrons. The average Bonchev–Trinajstić information content (AvgIpc) is 2.94. The van der Waals surface area contributed by atoms with Crippen LogP contribution in [0.4, 0.5) is 0 Å². The summed E-state index contributed by atoms with van der Waals surface area (Å²) >= 11 is 0. The average molecular weight is 284 g/mol. The first-order valence-electron chi connectivity index (χ1n) is 6.27. The van der Waals surface area contributed by atoms with Gasteiger partial charge in [-0.05, 0) is 39.2 Å². The Hall–Kier alpha value is -1.40. The first-order chi connectivity index (χ1) is 8.58. The molecule has 0 radical (unpaired) electrons. The minimum Gasteiger partial charge on any atom is -0.332 e. The van der Waals surface area contributed by atoms with Crippen LogP contribution in [0.5, 0.6) is 0 Å². The quantitative estimate of drug-likeness (QED) is 0.934. The van der Waals surface area contributed by atoms with Crippen molar-refractivity contribution in [3.8, 4) is 11.6 Å². The lowest BCUT2D eigenvalue weighted by atomic mass is 9.77. The fourth-order valence-electron chi connectivity index (χ4n) is 2.05. The third kappa shape index (κ3) is 2.37. The molecule has 19 heavy (non-hydrogen) atoms. The molecule has 0 aromatic carbocycles. The predicted molar refractivity (Wildman–Crippen MR) is 72.9 cm³/mol. The zero-order chi connectivity index (χ0) is 12.8. The molecule has 0 spiro atoms. The largest absolute Gasteiger partial charge is 0.332 e. The van der Waals surface area contributed by atoms with Gasteiger partial charge in [0, 0.05) is 12.2 Å². The Labute approximate surface area is 117 Å². The lowest BCUT2D eigenvalue weighted by Crippen LogP contribution is -2.44. The van der Waals surface area contributed by atoms with Crippen molar-refractivity contribution in [1.82, 2.24) is 19.9 Å². The molecule has 0 unspecified atom stereocenters. The van der Waals surface area contributed by atoms with Gasteiger partial charge in [0.2, 0.25) is 0 Å². The lowest BCUT2D eigenvalue weighted by Gasteiger charge is -2.34. The summed E-state index contributed by atoms with van der Waals surface area (Å²) in [6.07, 6.45) is 4.88. The van der Waals surface area contributed by atoms with Crippen molar-refractivity contribution < 1.29 is 4.52 Å². The summed E-state index contributed by atoms with van der Waals surface area (Å²) in [6, 6.07) is 2.19. The molecule has 2 aromatic rings. The van der Waals surface area contributed by atoms with E-state index >= 15 is 0 Å². The lowest BCUT2D eigenvalue weighted by molar-refractivity contribution is 0.229. The van der Waals surface area contributed by atoms with Crippen molar-refractivity contribution in [3.63, 3.8) is 0 Å². The molecule has 0 saturated heterocycles. The van der Waals surface area contributed by atoms with Gasteiger partial charge in [0.05, 0.1) is 5.54 Å². The summed E-state index contributed by atoms with van der Waals surface area (Å²) in [5, 5.41) is 8.38. The van der Waals surface area contributed by atoms with E-state index < -0.39 is 0 Å². The predicted octanol–water partition coefficient (Wildman–Crippen LogP) is 2.27. The highest BCUT2D eigenvalue weighted by molar-refractivity contribution is 5.85. The van der Waals surface area contributed by atoms with Crippen molar-refractivity contribution in [2.24, 2.45) is 5.73 Å². The Morgan fingerprint density at radius 2 is 2.16 bits per heavy atom. The molecule has 2 heterocycles. The van der Waals surface area contributed by atoms with Crippen LogP contribution in [-0.2, 0) is 5.54 Å². The second-order valence-corrected chi connectivity index (χ2v) is 5.21. The van der Waals surface area contributed by atoms with Crippen LogP contribution in [0, 0.1) is 0 Å². The number of hydrogen-bond acceptors (Lipinski definition) is 5. The number of rotatable bonds is 3. The maximum atomic E-state index is 6.16. The monoisotopic (exact) mass is 283 g/mol. The number of nitrogens with two attached hydrogens (primary N) is 1. The number of aromatic nitrogens is 4. The highest BCUT2D eigenvalue weighted by Gasteiger charge is 2.39. The van der Waals surface area contributed by atoms with Crippen molar-refractivity contribution in [2.45, 2.75) is 44.7 Å². The fraction of sp³-hybridized carbons (Fsp3) is 0.583. The zero-order valence-electron chi connectivity index (χ0n) is 11.0. The van der Waals surface area contributed by atoms with Crippen LogP contribution in [0.15, 0.2) is 16.8 Å². The summed E-state index contributed by atoms with van der Waals surface area (Å²) in [4.78, 5) is 4.37. The van der Waals surface area contributed by atoms with Crippen LogP contribution < -0.4 is 5.73 Å². The summed E-state index contributed by atoms with van der Waals surface area (Å²) in [5.74, 6) is 1.05. The minimum absolute atomic E-state index is 0. The Kier molecular flexibility index (Phi) is 3.64. The first-order valence-corrected chi connectivity index (χ1v) is 6.27. The van der Waals surface area contributed by atoms with Crippen molar-refractivity contribution in [2.75, 3.05) is 0 Å². The fourth-order valence-corrected chi connectivity index (χ4v) is 2.05. The Balaban J connectivity index is 0.00000133. The van der Waals surface area contributed by atoms with E-state index in [0.717, 1.165) is 19.3 Å². The molecule has 2 N–H and O–H groups in total. The van der Waals surface area contributed by atoms with Crippen LogP contribution >= 0.6 is 12.4 Å². The number of hydrogen-bond donors (Lipinski definition) is 1. The van der Waals surface area contributed by atoms with Gasteiger partial charge in [-0.3, -0.25) is 4.68 Å². The summed E-state index contributed by atoms with van der Waals surface area (Å²) in [6.45, 7) is 4.14. The molecule has 1 aliphatic rings. The summed E-state index contributed by atoms with van der Waals surface area (Å²) < 4.78 is 7.11. The zero-order valence-corrected chi connectivity index (χ0v) is 11.9. The van der Waals surface area contributed by atoms with Gasteiger partial charge in [0.1, 0.15) is 0 Å². The Bertz CT molecular complexity index is 558. The maximum absolute atomic E-state index is 6.16. The van der Waals surface area contributed by atoms with Gasteiger partial charge >= 0.3 is 0 Å². The topological polar surface area (TPSA) is 82.8 Å². The molecule has 1 saturated carbocycles. The molecule has 0 atom stereocenters. The van der Waals surface area contributed by atoms with Crippen LogP contribution in [0.25, 0.3) is 11.6 Å². The van der Waals surface area contributed by atoms with Gasteiger partial charge in [-0.25, -0.2) is 0 Å². The molecule has 6 nitrogen and oxygen atoms in total. The van der Waals surface area contributed by atoms with Gasteiger partial charge in [0.25, 0.3) is 5.89 Å². The van der Waals surface area contributed by atoms with E-state index in [0.29, 0.717) is 23.5 Å². The van der Waals surface area contributed by atoms with E-state index in [9.17, 15) is 0 Å². The van der Waals surface area contributed by atoms with Crippen molar-refractivity contribution in [1.29, 1.82) is 0 Å². The van der Waals surface area contributed by atoms with E-state index in [4.69, 9.17) is 10.3 Å². The standard InChI is InChI=1S/C12H17N5O.ClH/c1-8(2)17-7-4-9(15-17)10-14-11(16-18-10)12(13)5-3-6-12;/h4,7-8H,3,5-6,13H2,1-2H3;1H. The highest BCUT2D eigenvalue weighted by Crippen LogP contribution is 2.37. The Morgan fingerprint density at radius 1 is 1.42 bits per heavy atom. The molecular formula is C12H18ClN5O. The van der Waals surface area contributed by atoms with Gasteiger partial charge in [-0.1, -0.05) is 5.16 Å². The first kappa shape index (κ1) is 14.0. The second-order valence-electron chi connectivity index (χ2n) is 5.21. The van der Waals surface area contributed by atoms with E-state index in [2.05, 4.69) is 29.1 Å². The number of halogens is 1. The van der Waals surface area contributed by atoms with Crippen LogP contribution in [0.2, 0.25) is 0 Å². The molecule has 7 heteroatoms. The van der Waals surface area contributed by atoms with Gasteiger partial charge in [-0.2, -0.15) is 10.1 Å². The maximum Gasteiger partial charge on any atom is 0.278 e. The van der Waals surface area contributed by atoms with Gasteiger partial charge in [0.15, 0.2) is 11.5 Å².